The molecule has 254 valence electrons. The van der Waals surface area contributed by atoms with Crippen molar-refractivity contribution in [2.24, 2.45) is 14.1 Å². The molecule has 7 heteroatoms. The fraction of sp³-hybridized carbons (Fsp3) is 0.227. The minimum absolute atomic E-state index is 0.313. The maximum Gasteiger partial charge on any atom is 0.243 e. The lowest BCUT2D eigenvalue weighted by Gasteiger charge is -2.42. The standard InChI is InChI=1S/C44H41N5O2/c1-5-23-48-27-35(31-17-9-13-21-39(31)48)44(36-28-49(24-6-2)40-22-14-10-18-32(36)40)42(51)45-41(50)43(44,33-25-46(3)37-19-11-7-15-29(33)37)34-26-47(4)38-20-12-8-16-30(34)38/h7-22,25-28H,5-6,23-24H2,1-4H3,(H,45,50,51). The number of fused-ring (bicyclic) bond motifs is 4. The molecule has 4 aromatic heterocycles. The highest BCUT2D eigenvalue weighted by Crippen LogP contribution is 2.61. The number of imide groups is 1. The third-order valence-electron chi connectivity index (χ3n) is 11.4. The molecule has 1 fully saturated rings. The van der Waals surface area contributed by atoms with E-state index in [0.29, 0.717) is 0 Å². The van der Waals surface area contributed by atoms with Crippen LogP contribution in [0.3, 0.4) is 0 Å². The summed E-state index contributed by atoms with van der Waals surface area (Å²) in [5, 5.41) is 6.85. The van der Waals surface area contributed by atoms with Gasteiger partial charge in [-0.25, -0.2) is 0 Å². The molecule has 4 aromatic carbocycles. The zero-order valence-corrected chi connectivity index (χ0v) is 29.5. The van der Waals surface area contributed by atoms with Crippen LogP contribution in [0.1, 0.15) is 48.9 Å². The Balaban J connectivity index is 1.59. The number of para-hydroxylation sites is 4. The highest BCUT2D eigenvalue weighted by Gasteiger charge is 2.72. The Morgan fingerprint density at radius 1 is 0.471 bits per heavy atom. The number of aromatic nitrogens is 4. The first kappa shape index (κ1) is 31.2. The quantitative estimate of drug-likeness (QED) is 0.165. The predicted molar refractivity (Wildman–Crippen MR) is 205 cm³/mol. The molecule has 0 aliphatic carbocycles. The fourth-order valence-electron chi connectivity index (χ4n) is 9.44. The van der Waals surface area contributed by atoms with Gasteiger partial charge in [-0.1, -0.05) is 86.6 Å². The van der Waals surface area contributed by atoms with Crippen molar-refractivity contribution in [2.75, 3.05) is 0 Å². The molecule has 7 nitrogen and oxygen atoms in total. The van der Waals surface area contributed by atoms with E-state index in [1.807, 2.05) is 50.5 Å². The summed E-state index contributed by atoms with van der Waals surface area (Å²) >= 11 is 0. The van der Waals surface area contributed by atoms with Gasteiger partial charge in [0.25, 0.3) is 0 Å². The molecule has 0 unspecified atom stereocenters. The van der Waals surface area contributed by atoms with Crippen molar-refractivity contribution in [3.8, 4) is 0 Å². The van der Waals surface area contributed by atoms with Crippen LogP contribution in [0, 0.1) is 0 Å². The molecule has 9 rings (SSSR count). The Morgan fingerprint density at radius 2 is 0.784 bits per heavy atom. The van der Waals surface area contributed by atoms with Crippen LogP contribution >= 0.6 is 0 Å². The number of rotatable bonds is 8. The number of amides is 2. The monoisotopic (exact) mass is 671 g/mol. The van der Waals surface area contributed by atoms with Crippen LogP contribution in [0.5, 0.6) is 0 Å². The van der Waals surface area contributed by atoms with Crippen molar-refractivity contribution < 1.29 is 9.59 Å². The molecular formula is C44H41N5O2. The Morgan fingerprint density at radius 3 is 1.16 bits per heavy atom. The van der Waals surface area contributed by atoms with Gasteiger partial charge in [0, 0.05) is 95.6 Å². The van der Waals surface area contributed by atoms with Crippen LogP contribution in [0.15, 0.2) is 122 Å². The SMILES string of the molecule is CCCn1cc(C2(c3cn(CCC)c4ccccc34)C(=O)NC(=O)C2(c2cn(C)c3ccccc23)c2cn(C)c3ccccc23)c2ccccc21. The van der Waals surface area contributed by atoms with Gasteiger partial charge in [0.15, 0.2) is 0 Å². The highest BCUT2D eigenvalue weighted by molar-refractivity contribution is 6.24. The molecule has 1 N–H and O–H groups in total. The normalized spacial score (nSPS) is 15.5. The van der Waals surface area contributed by atoms with Crippen LogP contribution in [-0.2, 0) is 47.6 Å². The highest BCUT2D eigenvalue weighted by atomic mass is 16.2. The average molecular weight is 672 g/mol. The van der Waals surface area contributed by atoms with Crippen LogP contribution in [0.25, 0.3) is 43.6 Å². The molecular weight excluding hydrogens is 631 g/mol. The smallest absolute Gasteiger partial charge is 0.243 e. The van der Waals surface area contributed by atoms with E-state index in [-0.39, 0.29) is 11.8 Å². The lowest BCUT2D eigenvalue weighted by Crippen LogP contribution is -2.53. The van der Waals surface area contributed by atoms with Gasteiger partial charge in [-0.15, -0.1) is 0 Å². The summed E-state index contributed by atoms with van der Waals surface area (Å²) < 4.78 is 8.73. The lowest BCUT2D eigenvalue weighted by atomic mass is 9.52. The summed E-state index contributed by atoms with van der Waals surface area (Å²) in [5.74, 6) is -0.632. The molecule has 0 saturated carbocycles. The average Bonchev–Trinajstić information content (AvgIpc) is 3.93. The number of carbonyl (C=O) groups excluding carboxylic acids is 2. The maximum absolute atomic E-state index is 15.8. The zero-order valence-electron chi connectivity index (χ0n) is 29.5. The van der Waals surface area contributed by atoms with E-state index in [9.17, 15) is 0 Å². The third-order valence-corrected chi connectivity index (χ3v) is 11.4. The van der Waals surface area contributed by atoms with Crippen molar-refractivity contribution in [3.63, 3.8) is 0 Å². The summed E-state index contributed by atoms with van der Waals surface area (Å²) in [7, 11) is 4.05. The number of nitrogens with one attached hydrogen (secondary N) is 1. The zero-order chi connectivity index (χ0) is 35.1. The minimum atomic E-state index is -1.52. The Bertz CT molecular complexity index is 2520. The molecule has 1 aliphatic heterocycles. The van der Waals surface area contributed by atoms with Gasteiger partial charge >= 0.3 is 0 Å². The summed E-state index contributed by atoms with van der Waals surface area (Å²) in [5.41, 5.74) is 4.31. The van der Waals surface area contributed by atoms with Crippen LogP contribution in [0.4, 0.5) is 0 Å². The second kappa shape index (κ2) is 11.4. The molecule has 0 bridgehead atoms. The summed E-state index contributed by atoms with van der Waals surface area (Å²) in [4.78, 5) is 31.6. The first-order valence-corrected chi connectivity index (χ1v) is 18.0. The van der Waals surface area contributed by atoms with Crippen molar-refractivity contribution in [1.82, 2.24) is 23.6 Å². The first-order valence-electron chi connectivity index (χ1n) is 18.0. The fourth-order valence-corrected chi connectivity index (χ4v) is 9.44. The topological polar surface area (TPSA) is 65.9 Å². The van der Waals surface area contributed by atoms with E-state index in [4.69, 9.17) is 0 Å². The van der Waals surface area contributed by atoms with E-state index in [2.05, 4.69) is 123 Å². The second-order valence-electron chi connectivity index (χ2n) is 14.1. The molecule has 1 saturated heterocycles. The van der Waals surface area contributed by atoms with Gasteiger partial charge in [-0.3, -0.25) is 14.9 Å². The van der Waals surface area contributed by atoms with Crippen LogP contribution in [0.2, 0.25) is 0 Å². The van der Waals surface area contributed by atoms with E-state index >= 15 is 9.59 Å². The van der Waals surface area contributed by atoms with E-state index in [0.717, 1.165) is 91.8 Å². The van der Waals surface area contributed by atoms with Crippen molar-refractivity contribution in [1.29, 1.82) is 0 Å². The van der Waals surface area contributed by atoms with E-state index in [1.54, 1.807) is 0 Å². The van der Waals surface area contributed by atoms with Gasteiger partial charge < -0.3 is 18.3 Å². The molecule has 51 heavy (non-hydrogen) atoms. The molecule has 0 atom stereocenters. The summed E-state index contributed by atoms with van der Waals surface area (Å²) in [6.45, 7) is 5.90. The second-order valence-corrected chi connectivity index (χ2v) is 14.1. The molecule has 8 aromatic rings. The summed E-state index contributed by atoms with van der Waals surface area (Å²) in [6, 6.07) is 33.2. The summed E-state index contributed by atoms with van der Waals surface area (Å²) in [6.07, 6.45) is 10.4. The van der Waals surface area contributed by atoms with Gasteiger partial charge in [-0.2, -0.15) is 0 Å². The van der Waals surface area contributed by atoms with Crippen LogP contribution in [-0.4, -0.2) is 30.1 Å². The Labute approximate surface area is 296 Å². The van der Waals surface area contributed by atoms with Crippen molar-refractivity contribution in [3.05, 3.63) is 144 Å². The Hall–Kier alpha value is -5.82. The maximum atomic E-state index is 15.8. The number of hydrogen-bond acceptors (Lipinski definition) is 2. The molecule has 0 radical (unpaired) electrons. The largest absolute Gasteiger partial charge is 0.350 e. The minimum Gasteiger partial charge on any atom is -0.350 e. The first-order chi connectivity index (χ1) is 24.9. The van der Waals surface area contributed by atoms with Gasteiger partial charge in [-0.05, 0) is 59.4 Å². The molecule has 2 amide bonds. The Kier molecular flexibility index (Phi) is 6.94. The number of benzene rings is 4. The van der Waals surface area contributed by atoms with Gasteiger partial charge in [0.1, 0.15) is 10.8 Å². The van der Waals surface area contributed by atoms with Crippen LogP contribution < -0.4 is 5.32 Å². The third kappa shape index (κ3) is 3.94. The predicted octanol–water partition coefficient (Wildman–Crippen LogP) is 8.33. The van der Waals surface area contributed by atoms with E-state index < -0.39 is 10.8 Å². The van der Waals surface area contributed by atoms with Gasteiger partial charge in [0.2, 0.25) is 11.8 Å². The molecule has 5 heterocycles. The van der Waals surface area contributed by atoms with E-state index in [1.165, 1.54) is 0 Å². The lowest BCUT2D eigenvalue weighted by molar-refractivity contribution is -0.126. The number of carbonyl (C=O) groups is 2. The van der Waals surface area contributed by atoms with Crippen molar-refractivity contribution in [2.45, 2.75) is 50.6 Å². The van der Waals surface area contributed by atoms with Crippen molar-refractivity contribution >= 4 is 55.4 Å². The number of aryl methyl sites for hydroxylation is 4. The molecule has 0 spiro atoms. The molecule has 1 aliphatic rings. The van der Waals surface area contributed by atoms with Gasteiger partial charge in [0.05, 0.1) is 0 Å². The number of hydrogen-bond donors (Lipinski definition) is 1. The number of nitrogens with zero attached hydrogens (tertiary/aromatic N) is 4.